The van der Waals surface area contributed by atoms with E-state index >= 15 is 0 Å². The van der Waals surface area contributed by atoms with Crippen molar-refractivity contribution in [3.05, 3.63) is 0 Å². The summed E-state index contributed by atoms with van der Waals surface area (Å²) in [5, 5.41) is 14.9. The van der Waals surface area contributed by atoms with Crippen LogP contribution in [0.3, 0.4) is 0 Å². The lowest BCUT2D eigenvalue weighted by molar-refractivity contribution is -0.154. The average molecular weight is 300 g/mol. The fraction of sp³-hybridized carbons (Fsp3) is 0.857. The monoisotopic (exact) mass is 300 g/mol. The van der Waals surface area contributed by atoms with Crippen LogP contribution < -0.4 is 10.6 Å². The van der Waals surface area contributed by atoms with Crippen molar-refractivity contribution >= 4 is 12.0 Å². The average Bonchev–Trinajstić information content (AvgIpc) is 2.52. The normalized spacial score (nSPS) is 25.0. The predicted molar refractivity (Wildman–Crippen MR) is 75.1 cm³/mol. The Morgan fingerprint density at radius 3 is 2.52 bits per heavy atom. The van der Waals surface area contributed by atoms with Crippen molar-refractivity contribution in [3.8, 4) is 0 Å². The number of carbonyl (C=O) groups excluding carboxylic acids is 1. The molecule has 0 bridgehead atoms. The molecule has 7 nitrogen and oxygen atoms in total. The molecule has 2 aliphatic rings. The molecule has 0 aliphatic carbocycles. The Hall–Kier alpha value is -1.34. The maximum atomic E-state index is 11.8. The Morgan fingerprint density at radius 2 is 1.90 bits per heavy atom. The number of aliphatic carboxylic acids is 1. The van der Waals surface area contributed by atoms with E-state index in [1.165, 1.54) is 0 Å². The predicted octanol–water partition coefficient (Wildman–Crippen LogP) is 0.594. The third-order valence-electron chi connectivity index (χ3n) is 4.30. The molecule has 2 amide bonds. The van der Waals surface area contributed by atoms with E-state index in [0.717, 1.165) is 19.4 Å². The zero-order valence-corrected chi connectivity index (χ0v) is 12.2. The Balaban J connectivity index is 1.72. The van der Waals surface area contributed by atoms with Crippen LogP contribution in [0.5, 0.6) is 0 Å². The summed E-state index contributed by atoms with van der Waals surface area (Å²) in [6, 6.07) is -0.312. The van der Waals surface area contributed by atoms with Crippen molar-refractivity contribution in [3.63, 3.8) is 0 Å². The number of ether oxygens (including phenoxy) is 2. The molecule has 3 N–H and O–H groups in total. The second-order valence-electron chi connectivity index (χ2n) is 5.84. The highest BCUT2D eigenvalue weighted by Gasteiger charge is 2.40. The number of nitrogens with one attached hydrogen (secondary N) is 2. The molecular weight excluding hydrogens is 276 g/mol. The largest absolute Gasteiger partial charge is 0.481 e. The summed E-state index contributed by atoms with van der Waals surface area (Å²) in [6.07, 6.45) is 2.94. The molecule has 0 aromatic heterocycles. The van der Waals surface area contributed by atoms with E-state index in [4.69, 9.17) is 9.47 Å². The third-order valence-corrected chi connectivity index (χ3v) is 4.30. The summed E-state index contributed by atoms with van der Waals surface area (Å²) in [7, 11) is 0. The minimum Gasteiger partial charge on any atom is -0.481 e. The number of hydrogen-bond acceptors (Lipinski definition) is 4. The molecule has 2 saturated heterocycles. The smallest absolute Gasteiger partial charge is 0.314 e. The number of rotatable bonds is 5. The zero-order chi connectivity index (χ0) is 15.1. The molecule has 0 saturated carbocycles. The van der Waals surface area contributed by atoms with Gasteiger partial charge in [-0.25, -0.2) is 4.79 Å². The van der Waals surface area contributed by atoms with Crippen LogP contribution in [0.15, 0.2) is 0 Å². The Bertz CT molecular complexity index is 362. The van der Waals surface area contributed by atoms with E-state index in [-0.39, 0.29) is 12.6 Å². The number of carboxylic acid groups (broad SMARTS) is 1. The Morgan fingerprint density at radius 1 is 1.14 bits per heavy atom. The summed E-state index contributed by atoms with van der Waals surface area (Å²) < 4.78 is 10.6. The van der Waals surface area contributed by atoms with Gasteiger partial charge in [0.25, 0.3) is 0 Å². The SMILES string of the molecule is O=C(NCC1CCCOC1)NCC1(C(=O)O)CCOCC1. The number of hydrogen-bond donors (Lipinski definition) is 3. The van der Waals surface area contributed by atoms with Gasteiger partial charge in [0.2, 0.25) is 0 Å². The zero-order valence-electron chi connectivity index (χ0n) is 12.2. The van der Waals surface area contributed by atoms with Crippen molar-refractivity contribution in [2.24, 2.45) is 11.3 Å². The van der Waals surface area contributed by atoms with Crippen molar-refractivity contribution in [1.82, 2.24) is 10.6 Å². The molecule has 1 unspecified atom stereocenters. The van der Waals surface area contributed by atoms with E-state index in [0.29, 0.717) is 45.1 Å². The van der Waals surface area contributed by atoms with Crippen LogP contribution in [-0.4, -0.2) is 56.6 Å². The molecule has 2 aliphatic heterocycles. The first-order chi connectivity index (χ1) is 10.1. The van der Waals surface area contributed by atoms with E-state index in [9.17, 15) is 14.7 Å². The van der Waals surface area contributed by atoms with Gasteiger partial charge in [-0.05, 0) is 31.6 Å². The molecule has 0 radical (unpaired) electrons. The van der Waals surface area contributed by atoms with Crippen LogP contribution in [0.4, 0.5) is 4.79 Å². The minimum atomic E-state index is -0.899. The summed E-state index contributed by atoms with van der Waals surface area (Å²) >= 11 is 0. The number of urea groups is 1. The first-order valence-corrected chi connectivity index (χ1v) is 7.53. The van der Waals surface area contributed by atoms with Crippen LogP contribution in [0.2, 0.25) is 0 Å². The fourth-order valence-electron chi connectivity index (χ4n) is 2.75. The van der Waals surface area contributed by atoms with Crippen LogP contribution in [0.25, 0.3) is 0 Å². The van der Waals surface area contributed by atoms with Gasteiger partial charge >= 0.3 is 12.0 Å². The van der Waals surface area contributed by atoms with Crippen molar-refractivity contribution in [2.75, 3.05) is 39.5 Å². The topological polar surface area (TPSA) is 96.9 Å². The molecule has 2 fully saturated rings. The summed E-state index contributed by atoms with van der Waals surface area (Å²) in [6.45, 7) is 3.03. The molecule has 0 aromatic rings. The second-order valence-corrected chi connectivity index (χ2v) is 5.84. The maximum Gasteiger partial charge on any atom is 0.314 e. The number of carboxylic acids is 1. The molecule has 120 valence electrons. The molecule has 0 aromatic carbocycles. The van der Waals surface area contributed by atoms with Gasteiger partial charge in [-0.15, -0.1) is 0 Å². The van der Waals surface area contributed by atoms with Gasteiger partial charge in [-0.2, -0.15) is 0 Å². The second kappa shape index (κ2) is 7.61. The van der Waals surface area contributed by atoms with Crippen molar-refractivity contribution in [1.29, 1.82) is 0 Å². The molecule has 7 heteroatoms. The van der Waals surface area contributed by atoms with E-state index in [2.05, 4.69) is 10.6 Å². The van der Waals surface area contributed by atoms with Gasteiger partial charge < -0.3 is 25.2 Å². The molecule has 0 spiro atoms. The van der Waals surface area contributed by atoms with Gasteiger partial charge in [-0.3, -0.25) is 4.79 Å². The summed E-state index contributed by atoms with van der Waals surface area (Å²) in [5.74, 6) is -0.521. The van der Waals surface area contributed by atoms with Crippen molar-refractivity contribution in [2.45, 2.75) is 25.7 Å². The molecule has 21 heavy (non-hydrogen) atoms. The lowest BCUT2D eigenvalue weighted by atomic mass is 9.80. The molecule has 1 atom stereocenters. The Labute approximate surface area is 124 Å². The first kappa shape index (κ1) is 16.0. The summed E-state index contributed by atoms with van der Waals surface area (Å²) in [4.78, 5) is 23.3. The first-order valence-electron chi connectivity index (χ1n) is 7.53. The van der Waals surface area contributed by atoms with Crippen LogP contribution >= 0.6 is 0 Å². The van der Waals surface area contributed by atoms with Gasteiger partial charge in [0.05, 0.1) is 12.0 Å². The van der Waals surface area contributed by atoms with Gasteiger partial charge in [-0.1, -0.05) is 0 Å². The van der Waals surface area contributed by atoms with Gasteiger partial charge in [0.1, 0.15) is 0 Å². The van der Waals surface area contributed by atoms with Crippen LogP contribution in [0.1, 0.15) is 25.7 Å². The van der Waals surface area contributed by atoms with Gasteiger partial charge in [0, 0.05) is 32.9 Å². The molecular formula is C14H24N2O5. The highest BCUT2D eigenvalue weighted by molar-refractivity contribution is 5.78. The summed E-state index contributed by atoms with van der Waals surface area (Å²) in [5.41, 5.74) is -0.899. The van der Waals surface area contributed by atoms with Gasteiger partial charge in [0.15, 0.2) is 0 Å². The quantitative estimate of drug-likeness (QED) is 0.690. The lowest BCUT2D eigenvalue weighted by Crippen LogP contribution is -2.49. The molecule has 2 rings (SSSR count). The highest BCUT2D eigenvalue weighted by Crippen LogP contribution is 2.30. The maximum absolute atomic E-state index is 11.8. The number of amides is 2. The fourth-order valence-corrected chi connectivity index (χ4v) is 2.75. The molecule has 2 heterocycles. The Kier molecular flexibility index (Phi) is 5.81. The highest BCUT2D eigenvalue weighted by atomic mass is 16.5. The van der Waals surface area contributed by atoms with E-state index in [1.54, 1.807) is 0 Å². The van der Waals surface area contributed by atoms with E-state index < -0.39 is 11.4 Å². The third kappa shape index (κ3) is 4.57. The standard InChI is InChI=1S/C14H24N2O5/c17-12(18)14(3-6-20-7-4-14)10-16-13(19)15-8-11-2-1-5-21-9-11/h11H,1-10H2,(H,17,18)(H2,15,16,19). The van der Waals surface area contributed by atoms with Crippen LogP contribution in [0, 0.1) is 11.3 Å². The van der Waals surface area contributed by atoms with E-state index in [1.807, 2.05) is 0 Å². The number of carbonyl (C=O) groups is 2. The minimum absolute atomic E-state index is 0.138. The lowest BCUT2D eigenvalue weighted by Gasteiger charge is -2.33. The van der Waals surface area contributed by atoms with Crippen molar-refractivity contribution < 1.29 is 24.2 Å². The van der Waals surface area contributed by atoms with Crippen LogP contribution in [-0.2, 0) is 14.3 Å².